The van der Waals surface area contributed by atoms with Gasteiger partial charge in [0.25, 0.3) is 5.91 Å². The number of anilines is 1. The lowest BCUT2D eigenvalue weighted by Crippen LogP contribution is -2.12. The van der Waals surface area contributed by atoms with Crippen molar-refractivity contribution >= 4 is 33.5 Å². The maximum Gasteiger partial charge on any atom is 0.256 e. The van der Waals surface area contributed by atoms with Gasteiger partial charge in [0, 0.05) is 16.8 Å². The van der Waals surface area contributed by atoms with Gasteiger partial charge in [0.2, 0.25) is 5.89 Å². The second kappa shape index (κ2) is 6.91. The van der Waals surface area contributed by atoms with Crippen molar-refractivity contribution in [3.63, 3.8) is 0 Å². The average Bonchev–Trinajstić information content (AvgIpc) is 3.16. The Morgan fingerprint density at radius 2 is 1.69 bits per heavy atom. The second-order valence-electron chi connectivity index (χ2n) is 7.00. The number of hydrogen-bond acceptors (Lipinski definition) is 3. The van der Waals surface area contributed by atoms with Gasteiger partial charge in [-0.05, 0) is 53.6 Å². The normalized spacial score (nSPS) is 11.1. The van der Waals surface area contributed by atoms with Crippen LogP contribution in [0.4, 0.5) is 5.69 Å². The van der Waals surface area contributed by atoms with Gasteiger partial charge in [-0.3, -0.25) is 4.79 Å². The smallest absolute Gasteiger partial charge is 0.256 e. The molecule has 1 aromatic heterocycles. The Labute approximate surface area is 167 Å². The fourth-order valence-electron chi connectivity index (χ4n) is 3.56. The van der Waals surface area contributed by atoms with E-state index in [0.717, 1.165) is 21.9 Å². The summed E-state index contributed by atoms with van der Waals surface area (Å²) < 4.78 is 5.91. The summed E-state index contributed by atoms with van der Waals surface area (Å²) in [5.41, 5.74) is 4.78. The molecule has 1 N–H and O–H groups in total. The van der Waals surface area contributed by atoms with Crippen LogP contribution in [0.5, 0.6) is 0 Å². The highest BCUT2D eigenvalue weighted by Gasteiger charge is 2.13. The summed E-state index contributed by atoms with van der Waals surface area (Å²) in [4.78, 5) is 17.5. The predicted octanol–water partition coefficient (Wildman–Crippen LogP) is 6.21. The first-order valence-electron chi connectivity index (χ1n) is 9.45. The Hall–Kier alpha value is -3.92. The predicted molar refractivity (Wildman–Crippen MR) is 116 cm³/mol. The molecule has 0 bridgehead atoms. The van der Waals surface area contributed by atoms with E-state index < -0.39 is 0 Å². The van der Waals surface area contributed by atoms with Gasteiger partial charge in [-0.15, -0.1) is 0 Å². The van der Waals surface area contributed by atoms with Gasteiger partial charge in [-0.25, -0.2) is 4.98 Å². The summed E-state index contributed by atoms with van der Waals surface area (Å²) >= 11 is 0. The molecule has 4 aromatic carbocycles. The molecule has 0 atom stereocenters. The molecule has 5 aromatic rings. The van der Waals surface area contributed by atoms with Crippen molar-refractivity contribution in [2.75, 3.05) is 5.32 Å². The van der Waals surface area contributed by atoms with E-state index in [4.69, 9.17) is 4.42 Å². The van der Waals surface area contributed by atoms with E-state index in [1.165, 1.54) is 0 Å². The topological polar surface area (TPSA) is 55.1 Å². The number of benzene rings is 4. The Balaban J connectivity index is 1.48. The van der Waals surface area contributed by atoms with Crippen LogP contribution in [0.2, 0.25) is 0 Å². The van der Waals surface area contributed by atoms with Crippen LogP contribution in [-0.4, -0.2) is 10.9 Å². The SMILES string of the molecule is Cc1ccccc1-c1nc2cc(NC(=O)c3cccc4ccccc34)ccc2o1. The van der Waals surface area contributed by atoms with Crippen molar-refractivity contribution < 1.29 is 9.21 Å². The molecule has 0 spiro atoms. The number of nitrogens with zero attached hydrogens (tertiary/aromatic N) is 1. The van der Waals surface area contributed by atoms with Crippen LogP contribution < -0.4 is 5.32 Å². The van der Waals surface area contributed by atoms with Crippen molar-refractivity contribution in [2.24, 2.45) is 0 Å². The van der Waals surface area contributed by atoms with Crippen LogP contribution >= 0.6 is 0 Å². The van der Waals surface area contributed by atoms with E-state index >= 15 is 0 Å². The number of fused-ring (bicyclic) bond motifs is 2. The van der Waals surface area contributed by atoms with Crippen molar-refractivity contribution in [3.8, 4) is 11.5 Å². The van der Waals surface area contributed by atoms with Crippen LogP contribution in [0.25, 0.3) is 33.3 Å². The molecule has 5 rings (SSSR count). The van der Waals surface area contributed by atoms with Gasteiger partial charge >= 0.3 is 0 Å². The highest BCUT2D eigenvalue weighted by molar-refractivity contribution is 6.13. The first-order chi connectivity index (χ1) is 14.2. The van der Waals surface area contributed by atoms with E-state index in [1.54, 1.807) is 0 Å². The van der Waals surface area contributed by atoms with Crippen molar-refractivity contribution in [1.82, 2.24) is 4.98 Å². The van der Waals surface area contributed by atoms with Crippen LogP contribution in [0.15, 0.2) is 89.3 Å². The highest BCUT2D eigenvalue weighted by Crippen LogP contribution is 2.28. The van der Waals surface area contributed by atoms with Crippen LogP contribution in [-0.2, 0) is 0 Å². The first kappa shape index (κ1) is 17.2. The van der Waals surface area contributed by atoms with E-state index in [9.17, 15) is 4.79 Å². The standard InChI is InChI=1S/C25H18N2O2/c1-16-7-2-4-10-19(16)25-27-22-15-18(13-14-23(22)29-25)26-24(28)21-12-6-9-17-8-3-5-11-20(17)21/h2-15H,1H3,(H,26,28). The number of aromatic nitrogens is 1. The fraction of sp³-hybridized carbons (Fsp3) is 0.0400. The molecule has 0 aliphatic heterocycles. The zero-order valence-corrected chi connectivity index (χ0v) is 15.8. The number of carbonyl (C=O) groups is 1. The molecule has 0 aliphatic carbocycles. The molecule has 1 amide bonds. The Bertz CT molecular complexity index is 1360. The molecule has 0 saturated carbocycles. The molecule has 0 radical (unpaired) electrons. The number of nitrogens with one attached hydrogen (secondary N) is 1. The third-order valence-electron chi connectivity index (χ3n) is 5.06. The number of hydrogen-bond donors (Lipinski definition) is 1. The Kier molecular flexibility index (Phi) is 4.10. The molecule has 0 unspecified atom stereocenters. The van der Waals surface area contributed by atoms with E-state index in [2.05, 4.69) is 10.3 Å². The van der Waals surface area contributed by atoms with Gasteiger partial charge in [0.1, 0.15) is 5.52 Å². The monoisotopic (exact) mass is 378 g/mol. The minimum absolute atomic E-state index is 0.149. The van der Waals surface area contributed by atoms with Crippen LogP contribution in [0.3, 0.4) is 0 Å². The largest absolute Gasteiger partial charge is 0.436 e. The van der Waals surface area contributed by atoms with Gasteiger partial charge in [-0.2, -0.15) is 0 Å². The first-order valence-corrected chi connectivity index (χ1v) is 9.45. The summed E-state index contributed by atoms with van der Waals surface area (Å²) in [5, 5.41) is 4.95. The number of rotatable bonds is 3. The Morgan fingerprint density at radius 3 is 2.59 bits per heavy atom. The highest BCUT2D eigenvalue weighted by atomic mass is 16.3. The summed E-state index contributed by atoms with van der Waals surface area (Å²) in [6, 6.07) is 27.1. The average molecular weight is 378 g/mol. The quantitative estimate of drug-likeness (QED) is 0.406. The van der Waals surface area contributed by atoms with Crippen molar-refractivity contribution in [2.45, 2.75) is 6.92 Å². The molecule has 140 valence electrons. The summed E-state index contributed by atoms with van der Waals surface area (Å²) in [5.74, 6) is 0.430. The molecule has 29 heavy (non-hydrogen) atoms. The lowest BCUT2D eigenvalue weighted by atomic mass is 10.0. The summed E-state index contributed by atoms with van der Waals surface area (Å²) in [6.07, 6.45) is 0. The number of amides is 1. The molecular formula is C25H18N2O2. The molecule has 0 fully saturated rings. The molecule has 4 heteroatoms. The number of oxazole rings is 1. The molecular weight excluding hydrogens is 360 g/mol. The van der Waals surface area contributed by atoms with Gasteiger partial charge in [0.05, 0.1) is 0 Å². The van der Waals surface area contributed by atoms with Gasteiger partial charge in [0.15, 0.2) is 5.58 Å². The van der Waals surface area contributed by atoms with Crippen molar-refractivity contribution in [1.29, 1.82) is 0 Å². The third-order valence-corrected chi connectivity index (χ3v) is 5.06. The van der Waals surface area contributed by atoms with Crippen molar-refractivity contribution in [3.05, 3.63) is 96.1 Å². The van der Waals surface area contributed by atoms with E-state index in [1.807, 2.05) is 91.9 Å². The maximum atomic E-state index is 12.9. The fourth-order valence-corrected chi connectivity index (χ4v) is 3.56. The molecule has 0 saturated heterocycles. The van der Waals surface area contributed by atoms with E-state index in [-0.39, 0.29) is 5.91 Å². The third kappa shape index (κ3) is 3.15. The lowest BCUT2D eigenvalue weighted by molar-refractivity contribution is 0.102. The van der Waals surface area contributed by atoms with Gasteiger partial charge in [-0.1, -0.05) is 54.6 Å². The minimum Gasteiger partial charge on any atom is -0.436 e. The number of carbonyl (C=O) groups excluding carboxylic acids is 1. The van der Waals surface area contributed by atoms with Gasteiger partial charge < -0.3 is 9.73 Å². The lowest BCUT2D eigenvalue weighted by Gasteiger charge is -2.08. The number of aryl methyl sites for hydroxylation is 1. The molecule has 0 aliphatic rings. The Morgan fingerprint density at radius 1 is 0.897 bits per heavy atom. The zero-order chi connectivity index (χ0) is 19.8. The van der Waals surface area contributed by atoms with Crippen LogP contribution in [0, 0.1) is 6.92 Å². The second-order valence-corrected chi connectivity index (χ2v) is 7.00. The minimum atomic E-state index is -0.149. The zero-order valence-electron chi connectivity index (χ0n) is 15.8. The maximum absolute atomic E-state index is 12.9. The molecule has 4 nitrogen and oxygen atoms in total. The summed E-state index contributed by atoms with van der Waals surface area (Å²) in [6.45, 7) is 2.03. The molecule has 1 heterocycles. The van der Waals surface area contributed by atoms with Crippen LogP contribution in [0.1, 0.15) is 15.9 Å². The summed E-state index contributed by atoms with van der Waals surface area (Å²) in [7, 11) is 0. The van der Waals surface area contributed by atoms with E-state index in [0.29, 0.717) is 28.2 Å².